The molecular weight excluding hydrogens is 365 g/mol. The number of nitrogens with zero attached hydrogens (tertiary/aromatic N) is 2. The summed E-state index contributed by atoms with van der Waals surface area (Å²) in [6.07, 6.45) is 3.47. The molecule has 1 aromatic heterocycles. The molecule has 1 saturated heterocycles. The normalized spacial score (nSPS) is 20.9. The number of ether oxygens (including phenoxy) is 1. The van der Waals surface area contributed by atoms with E-state index in [1.54, 1.807) is 0 Å². The number of hydrogen-bond donors (Lipinski definition) is 1. The van der Waals surface area contributed by atoms with Crippen molar-refractivity contribution in [3.63, 3.8) is 0 Å². The van der Waals surface area contributed by atoms with Gasteiger partial charge in [0.25, 0.3) is 0 Å². The number of rotatable bonds is 2. The molecule has 104 valence electrons. The van der Waals surface area contributed by atoms with Gasteiger partial charge in [0.05, 0.1) is 11.4 Å². The molecule has 2 aliphatic heterocycles. The van der Waals surface area contributed by atoms with Gasteiger partial charge >= 0.3 is 0 Å². The van der Waals surface area contributed by atoms with Crippen molar-refractivity contribution < 1.29 is 4.74 Å². The quantitative estimate of drug-likeness (QED) is 0.812. The van der Waals surface area contributed by atoms with Crippen LogP contribution < -0.4 is 5.32 Å². The standard InChI is InChI=1S/C15H16IN3O/c16-10-3-5-11(6-4-10)19-15-12(7-8-17-15)14(18-19)13-2-1-9-20-13/h3-6,13,17H,1-2,7-9H2. The van der Waals surface area contributed by atoms with E-state index in [4.69, 9.17) is 9.84 Å². The van der Waals surface area contributed by atoms with Gasteiger partial charge in [-0.15, -0.1) is 0 Å². The maximum absolute atomic E-state index is 5.83. The summed E-state index contributed by atoms with van der Waals surface area (Å²) >= 11 is 2.32. The largest absolute Gasteiger partial charge is 0.372 e. The second kappa shape index (κ2) is 5.04. The smallest absolute Gasteiger partial charge is 0.133 e. The summed E-state index contributed by atoms with van der Waals surface area (Å²) in [5.74, 6) is 1.15. The lowest BCUT2D eigenvalue weighted by molar-refractivity contribution is 0.107. The Labute approximate surface area is 131 Å². The highest BCUT2D eigenvalue weighted by Crippen LogP contribution is 2.36. The first kappa shape index (κ1) is 12.6. The number of nitrogens with one attached hydrogen (secondary N) is 1. The van der Waals surface area contributed by atoms with Crippen molar-refractivity contribution in [2.24, 2.45) is 0 Å². The second-order valence-corrected chi connectivity index (χ2v) is 6.52. The Bertz CT molecular complexity index is 629. The number of hydrogen-bond acceptors (Lipinski definition) is 3. The zero-order valence-electron chi connectivity index (χ0n) is 11.1. The molecule has 0 saturated carbocycles. The number of aromatic nitrogens is 2. The highest BCUT2D eigenvalue weighted by molar-refractivity contribution is 14.1. The average Bonchev–Trinajstić information content (AvgIpc) is 3.16. The van der Waals surface area contributed by atoms with Crippen LogP contribution in [-0.4, -0.2) is 22.9 Å². The minimum atomic E-state index is 0.189. The van der Waals surface area contributed by atoms with Crippen molar-refractivity contribution >= 4 is 28.4 Å². The predicted octanol–water partition coefficient (Wildman–Crippen LogP) is 3.30. The van der Waals surface area contributed by atoms with Crippen LogP contribution in [0.1, 0.15) is 30.2 Å². The fraction of sp³-hybridized carbons (Fsp3) is 0.400. The minimum Gasteiger partial charge on any atom is -0.372 e. The number of halogens is 1. The molecule has 2 aliphatic rings. The van der Waals surface area contributed by atoms with Crippen LogP contribution in [0.2, 0.25) is 0 Å². The molecule has 3 heterocycles. The van der Waals surface area contributed by atoms with Crippen LogP contribution in [0, 0.1) is 3.57 Å². The van der Waals surface area contributed by atoms with Crippen molar-refractivity contribution in [1.29, 1.82) is 0 Å². The van der Waals surface area contributed by atoms with Crippen LogP contribution in [0.15, 0.2) is 24.3 Å². The fourth-order valence-electron chi connectivity index (χ4n) is 3.02. The highest BCUT2D eigenvalue weighted by Gasteiger charge is 2.30. The summed E-state index contributed by atoms with van der Waals surface area (Å²) in [5, 5.41) is 8.31. The van der Waals surface area contributed by atoms with Gasteiger partial charge in [-0.05, 0) is 66.1 Å². The summed E-state index contributed by atoms with van der Waals surface area (Å²) in [6.45, 7) is 1.86. The van der Waals surface area contributed by atoms with Crippen LogP contribution in [0.3, 0.4) is 0 Å². The molecule has 1 atom stereocenters. The monoisotopic (exact) mass is 381 g/mol. The first-order valence-electron chi connectivity index (χ1n) is 7.06. The van der Waals surface area contributed by atoms with E-state index >= 15 is 0 Å². The van der Waals surface area contributed by atoms with Crippen LogP contribution >= 0.6 is 22.6 Å². The Balaban J connectivity index is 1.80. The van der Waals surface area contributed by atoms with Crippen molar-refractivity contribution in [2.45, 2.75) is 25.4 Å². The van der Waals surface area contributed by atoms with E-state index in [9.17, 15) is 0 Å². The molecule has 1 fully saturated rings. The molecule has 5 heteroatoms. The Morgan fingerprint density at radius 3 is 2.90 bits per heavy atom. The van der Waals surface area contributed by atoms with E-state index < -0.39 is 0 Å². The van der Waals surface area contributed by atoms with Crippen molar-refractivity contribution in [1.82, 2.24) is 9.78 Å². The van der Waals surface area contributed by atoms with Gasteiger partial charge in [-0.1, -0.05) is 0 Å². The van der Waals surface area contributed by atoms with Gasteiger partial charge < -0.3 is 10.1 Å². The van der Waals surface area contributed by atoms with Crippen LogP contribution in [0.5, 0.6) is 0 Å². The van der Waals surface area contributed by atoms with Gasteiger partial charge in [0.15, 0.2) is 0 Å². The molecular formula is C15H16IN3O. The Kier molecular flexibility index (Phi) is 3.18. The first-order chi connectivity index (χ1) is 9.83. The maximum Gasteiger partial charge on any atom is 0.133 e. The molecule has 2 aromatic rings. The molecule has 4 rings (SSSR count). The van der Waals surface area contributed by atoms with Crippen LogP contribution in [0.4, 0.5) is 5.82 Å². The lowest BCUT2D eigenvalue weighted by Crippen LogP contribution is -2.06. The van der Waals surface area contributed by atoms with E-state index in [1.165, 1.54) is 9.13 Å². The van der Waals surface area contributed by atoms with E-state index in [1.807, 2.05) is 4.68 Å². The summed E-state index contributed by atoms with van der Waals surface area (Å²) in [6, 6.07) is 8.47. The van der Waals surface area contributed by atoms with Crippen molar-refractivity contribution in [2.75, 3.05) is 18.5 Å². The summed E-state index contributed by atoms with van der Waals surface area (Å²) in [7, 11) is 0. The molecule has 4 nitrogen and oxygen atoms in total. The van der Waals surface area contributed by atoms with E-state index in [0.29, 0.717) is 0 Å². The fourth-order valence-corrected chi connectivity index (χ4v) is 3.38. The third-order valence-corrected chi connectivity index (χ3v) is 4.71. The lowest BCUT2D eigenvalue weighted by Gasteiger charge is -2.08. The van der Waals surface area contributed by atoms with E-state index in [0.717, 1.165) is 49.6 Å². The second-order valence-electron chi connectivity index (χ2n) is 5.28. The van der Waals surface area contributed by atoms with Crippen molar-refractivity contribution in [3.05, 3.63) is 39.1 Å². The number of anilines is 1. The third-order valence-electron chi connectivity index (χ3n) is 3.99. The molecule has 20 heavy (non-hydrogen) atoms. The van der Waals surface area contributed by atoms with Gasteiger partial charge in [0.1, 0.15) is 11.9 Å². The molecule has 0 aliphatic carbocycles. The molecule has 1 unspecified atom stereocenters. The minimum absolute atomic E-state index is 0.189. The van der Waals surface area contributed by atoms with Gasteiger partial charge in [-0.25, -0.2) is 4.68 Å². The van der Waals surface area contributed by atoms with E-state index in [2.05, 4.69) is 52.2 Å². The predicted molar refractivity (Wildman–Crippen MR) is 86.4 cm³/mol. The molecule has 0 amide bonds. The zero-order valence-corrected chi connectivity index (χ0v) is 13.3. The SMILES string of the molecule is Ic1ccc(-n2nc(C3CCCO3)c3c2NCC3)cc1. The molecule has 1 aromatic carbocycles. The van der Waals surface area contributed by atoms with E-state index in [-0.39, 0.29) is 6.10 Å². The molecule has 1 N–H and O–H groups in total. The van der Waals surface area contributed by atoms with Crippen molar-refractivity contribution in [3.8, 4) is 5.69 Å². The maximum atomic E-state index is 5.83. The summed E-state index contributed by atoms with van der Waals surface area (Å²) < 4.78 is 9.10. The lowest BCUT2D eigenvalue weighted by atomic mass is 10.1. The Morgan fingerprint density at radius 1 is 1.30 bits per heavy atom. The number of fused-ring (bicyclic) bond motifs is 1. The van der Waals surface area contributed by atoms with Gasteiger partial charge in [-0.3, -0.25) is 0 Å². The first-order valence-corrected chi connectivity index (χ1v) is 8.14. The molecule has 0 radical (unpaired) electrons. The summed E-state index contributed by atoms with van der Waals surface area (Å²) in [4.78, 5) is 0. The Morgan fingerprint density at radius 2 is 2.15 bits per heavy atom. The molecule has 0 bridgehead atoms. The zero-order chi connectivity index (χ0) is 13.5. The number of benzene rings is 1. The van der Waals surface area contributed by atoms with Crippen LogP contribution in [-0.2, 0) is 11.2 Å². The Hall–Kier alpha value is -1.08. The van der Waals surface area contributed by atoms with Gasteiger partial charge in [0, 0.05) is 22.3 Å². The van der Waals surface area contributed by atoms with Crippen LogP contribution in [0.25, 0.3) is 5.69 Å². The highest BCUT2D eigenvalue weighted by atomic mass is 127. The molecule has 0 spiro atoms. The summed E-state index contributed by atoms with van der Waals surface area (Å²) in [5.41, 5.74) is 3.59. The topological polar surface area (TPSA) is 39.1 Å². The van der Waals surface area contributed by atoms with Gasteiger partial charge in [0.2, 0.25) is 0 Å². The van der Waals surface area contributed by atoms with Gasteiger partial charge in [-0.2, -0.15) is 5.10 Å². The average molecular weight is 381 g/mol. The third kappa shape index (κ3) is 2.03.